The van der Waals surface area contributed by atoms with Crippen molar-refractivity contribution >= 4 is 49.8 Å². The Morgan fingerprint density at radius 2 is 0.889 bits per heavy atom. The van der Waals surface area contributed by atoms with E-state index in [4.69, 9.17) is 4.42 Å². The topological polar surface area (TPSA) is 16.4 Å². The molecule has 0 radical (unpaired) electrons. The lowest BCUT2D eigenvalue weighted by atomic mass is 9.92. The lowest BCUT2D eigenvalue weighted by molar-refractivity contribution is 0.669. The molecule has 0 aliphatic carbocycles. The van der Waals surface area contributed by atoms with Crippen LogP contribution in [0.1, 0.15) is 0 Å². The van der Waals surface area contributed by atoms with Gasteiger partial charge in [0.15, 0.2) is 5.58 Å². The molecular weight excluding hydrogens is 655 g/mol. The van der Waals surface area contributed by atoms with Gasteiger partial charge in [-0.3, -0.25) is 0 Å². The first-order chi connectivity index (χ1) is 26.8. The Morgan fingerprint density at radius 1 is 0.315 bits per heavy atom. The van der Waals surface area contributed by atoms with Gasteiger partial charge in [0.2, 0.25) is 0 Å². The summed E-state index contributed by atoms with van der Waals surface area (Å²) in [5.74, 6) is 0. The van der Waals surface area contributed by atoms with Crippen LogP contribution in [-0.2, 0) is 0 Å². The Kier molecular flexibility index (Phi) is 7.85. The van der Waals surface area contributed by atoms with E-state index in [0.717, 1.165) is 44.6 Å². The molecule has 0 aliphatic heterocycles. The molecule has 10 aromatic rings. The van der Waals surface area contributed by atoms with Crippen LogP contribution in [0.25, 0.3) is 77.2 Å². The summed E-state index contributed by atoms with van der Waals surface area (Å²) in [6, 6.07) is 75.8. The zero-order chi connectivity index (χ0) is 35.8. The van der Waals surface area contributed by atoms with E-state index in [2.05, 4.69) is 205 Å². The highest BCUT2D eigenvalue weighted by atomic mass is 16.3. The first-order valence-electron chi connectivity index (χ1n) is 18.4. The van der Waals surface area contributed by atoms with Crippen LogP contribution in [0.3, 0.4) is 0 Å². The van der Waals surface area contributed by atoms with Crippen LogP contribution < -0.4 is 4.90 Å². The fourth-order valence-corrected chi connectivity index (χ4v) is 7.87. The van der Waals surface area contributed by atoms with Crippen LogP contribution in [0.15, 0.2) is 217 Å². The molecule has 10 rings (SSSR count). The van der Waals surface area contributed by atoms with Gasteiger partial charge in [0, 0.05) is 22.1 Å². The number of furan rings is 1. The van der Waals surface area contributed by atoms with Crippen LogP contribution in [0.4, 0.5) is 17.1 Å². The van der Waals surface area contributed by atoms with E-state index in [1.807, 2.05) is 12.1 Å². The monoisotopic (exact) mass is 689 g/mol. The Labute approximate surface area is 314 Å². The maximum absolute atomic E-state index is 6.66. The van der Waals surface area contributed by atoms with Gasteiger partial charge in [0.25, 0.3) is 0 Å². The van der Waals surface area contributed by atoms with Crippen molar-refractivity contribution in [3.63, 3.8) is 0 Å². The Bertz CT molecular complexity index is 2910. The first-order valence-corrected chi connectivity index (χ1v) is 18.4. The maximum Gasteiger partial charge on any atom is 0.159 e. The predicted molar refractivity (Wildman–Crippen MR) is 228 cm³/mol. The van der Waals surface area contributed by atoms with Gasteiger partial charge in [-0.25, -0.2) is 0 Å². The van der Waals surface area contributed by atoms with Crippen LogP contribution in [0.2, 0.25) is 0 Å². The van der Waals surface area contributed by atoms with E-state index in [-0.39, 0.29) is 0 Å². The normalized spacial score (nSPS) is 11.3. The zero-order valence-corrected chi connectivity index (χ0v) is 29.6. The smallest absolute Gasteiger partial charge is 0.159 e. The second-order valence-electron chi connectivity index (χ2n) is 13.7. The fourth-order valence-electron chi connectivity index (χ4n) is 7.87. The van der Waals surface area contributed by atoms with Gasteiger partial charge < -0.3 is 9.32 Å². The second kappa shape index (κ2) is 13.4. The lowest BCUT2D eigenvalue weighted by Crippen LogP contribution is -2.10. The predicted octanol–water partition coefficient (Wildman–Crippen LogP) is 14.9. The highest BCUT2D eigenvalue weighted by Crippen LogP contribution is 2.45. The molecule has 0 unspecified atom stereocenters. The van der Waals surface area contributed by atoms with Gasteiger partial charge in [-0.2, -0.15) is 0 Å². The summed E-state index contributed by atoms with van der Waals surface area (Å²) in [6.45, 7) is 0. The Morgan fingerprint density at radius 3 is 1.61 bits per heavy atom. The van der Waals surface area contributed by atoms with Crippen molar-refractivity contribution in [2.24, 2.45) is 0 Å². The number of anilines is 3. The van der Waals surface area contributed by atoms with E-state index >= 15 is 0 Å². The molecule has 0 atom stereocenters. The minimum absolute atomic E-state index is 0.859. The van der Waals surface area contributed by atoms with E-state index < -0.39 is 0 Å². The van der Waals surface area contributed by atoms with Crippen molar-refractivity contribution in [3.05, 3.63) is 212 Å². The Balaban J connectivity index is 1.16. The maximum atomic E-state index is 6.66. The zero-order valence-electron chi connectivity index (χ0n) is 29.6. The van der Waals surface area contributed by atoms with Crippen LogP contribution >= 0.6 is 0 Å². The molecule has 0 fully saturated rings. The molecular formula is C52H35NO. The molecule has 9 aromatic carbocycles. The molecule has 2 heteroatoms. The molecule has 0 aliphatic rings. The SMILES string of the molecule is c1ccc(-c2ccc(N(c3ccc(-c4cc(-c5ccccc5)c5ccccc5c4)cc3)c3cccc4c3oc3ccccc34)cc2-c2ccccc2)cc1. The fraction of sp³-hybridized carbons (Fsp3) is 0. The summed E-state index contributed by atoms with van der Waals surface area (Å²) in [7, 11) is 0. The minimum Gasteiger partial charge on any atom is -0.454 e. The van der Waals surface area contributed by atoms with Gasteiger partial charge in [0.05, 0.1) is 5.69 Å². The number of nitrogens with zero attached hydrogens (tertiary/aromatic N) is 1. The summed E-state index contributed by atoms with van der Waals surface area (Å²) in [4.78, 5) is 2.34. The van der Waals surface area contributed by atoms with Crippen molar-refractivity contribution in [2.75, 3.05) is 4.90 Å². The van der Waals surface area contributed by atoms with Crippen molar-refractivity contribution in [1.29, 1.82) is 0 Å². The van der Waals surface area contributed by atoms with Gasteiger partial charge in [-0.1, -0.05) is 164 Å². The van der Waals surface area contributed by atoms with Crippen LogP contribution in [0.5, 0.6) is 0 Å². The highest BCUT2D eigenvalue weighted by Gasteiger charge is 2.21. The molecule has 54 heavy (non-hydrogen) atoms. The highest BCUT2D eigenvalue weighted by molar-refractivity contribution is 6.10. The summed E-state index contributed by atoms with van der Waals surface area (Å²) in [5.41, 5.74) is 14.3. The quantitative estimate of drug-likeness (QED) is 0.166. The number of fused-ring (bicyclic) bond motifs is 4. The van der Waals surface area contributed by atoms with E-state index in [9.17, 15) is 0 Å². The summed E-state index contributed by atoms with van der Waals surface area (Å²) >= 11 is 0. The number of hydrogen-bond donors (Lipinski definition) is 0. The van der Waals surface area contributed by atoms with E-state index in [0.29, 0.717) is 0 Å². The molecule has 0 spiro atoms. The molecule has 254 valence electrons. The Hall–Kier alpha value is -7.16. The third-order valence-corrected chi connectivity index (χ3v) is 10.5. The molecule has 0 N–H and O–H groups in total. The average molecular weight is 690 g/mol. The van der Waals surface area contributed by atoms with Gasteiger partial charge >= 0.3 is 0 Å². The van der Waals surface area contributed by atoms with E-state index in [1.54, 1.807) is 0 Å². The number of hydrogen-bond acceptors (Lipinski definition) is 2. The van der Waals surface area contributed by atoms with Gasteiger partial charge in [0.1, 0.15) is 5.58 Å². The third-order valence-electron chi connectivity index (χ3n) is 10.5. The van der Waals surface area contributed by atoms with Crippen molar-refractivity contribution in [3.8, 4) is 44.5 Å². The summed E-state index contributed by atoms with van der Waals surface area (Å²) in [6.07, 6.45) is 0. The molecule has 0 saturated carbocycles. The van der Waals surface area contributed by atoms with Crippen molar-refractivity contribution < 1.29 is 4.42 Å². The standard InChI is InChI=1S/C52H35NO/c1-4-15-37(16-5-1)45-32-31-43(35-49(45)39-19-8-3-9-20-39)53(50-25-14-24-47-46-23-12-13-26-51(46)54-52(47)50)42-29-27-36(28-30-42)41-33-40-21-10-11-22-44(40)48(34-41)38-17-6-2-7-18-38/h1-35H. The molecule has 0 saturated heterocycles. The summed E-state index contributed by atoms with van der Waals surface area (Å²) < 4.78 is 6.66. The lowest BCUT2D eigenvalue weighted by Gasteiger charge is -2.27. The molecule has 1 aromatic heterocycles. The first kappa shape index (κ1) is 31.6. The van der Waals surface area contributed by atoms with Crippen LogP contribution in [0, 0.1) is 0 Å². The number of rotatable bonds is 7. The van der Waals surface area contributed by atoms with Crippen molar-refractivity contribution in [2.45, 2.75) is 0 Å². The molecule has 0 amide bonds. The van der Waals surface area contributed by atoms with Crippen LogP contribution in [-0.4, -0.2) is 0 Å². The molecule has 2 nitrogen and oxygen atoms in total. The van der Waals surface area contributed by atoms with Crippen molar-refractivity contribution in [1.82, 2.24) is 0 Å². The van der Waals surface area contributed by atoms with Gasteiger partial charge in [-0.05, 0) is 104 Å². The minimum atomic E-state index is 0.859. The van der Waals surface area contributed by atoms with E-state index in [1.165, 1.54) is 49.7 Å². The van der Waals surface area contributed by atoms with Gasteiger partial charge in [-0.15, -0.1) is 0 Å². The molecule has 0 bridgehead atoms. The number of benzene rings is 9. The molecule has 1 heterocycles. The largest absolute Gasteiger partial charge is 0.454 e. The average Bonchev–Trinajstić information content (AvgIpc) is 3.64. The third kappa shape index (κ3) is 5.62. The number of para-hydroxylation sites is 2. The second-order valence-corrected chi connectivity index (χ2v) is 13.7. The summed E-state index contributed by atoms with van der Waals surface area (Å²) in [5, 5.41) is 4.68.